The van der Waals surface area contributed by atoms with Crippen LogP contribution in [0.4, 0.5) is 0 Å². The molecule has 1 saturated carbocycles. The highest BCUT2D eigenvalue weighted by molar-refractivity contribution is 5.61. The molecule has 1 aromatic rings. The smallest absolute Gasteiger partial charge is 0.124 e. The van der Waals surface area contributed by atoms with Crippen molar-refractivity contribution in [2.45, 2.75) is 12.3 Å². The number of methoxy groups -OCH3 is 1. The minimum absolute atomic E-state index is 0.126. The zero-order chi connectivity index (χ0) is 11.8. The molecule has 0 aliphatic heterocycles. The van der Waals surface area contributed by atoms with E-state index in [1.165, 1.54) is 5.56 Å². The summed E-state index contributed by atoms with van der Waals surface area (Å²) in [7, 11) is 1.69. The summed E-state index contributed by atoms with van der Waals surface area (Å²) in [4.78, 5) is 11.3. The van der Waals surface area contributed by atoms with Crippen molar-refractivity contribution in [3.05, 3.63) is 42.0 Å². The van der Waals surface area contributed by atoms with Crippen LogP contribution in [0, 0.1) is 17.8 Å². The predicted octanol–water partition coefficient (Wildman–Crippen LogP) is 2.80. The lowest BCUT2D eigenvalue weighted by atomic mass is 9.79. The SMILES string of the molecule is COc1ccccc1[C@@H]1[C@@H](C=O)[C@@H]2C=C[C@H]1C2. The molecule has 2 aliphatic rings. The van der Waals surface area contributed by atoms with Crippen molar-refractivity contribution >= 4 is 6.29 Å². The minimum atomic E-state index is 0.126. The lowest BCUT2D eigenvalue weighted by Crippen LogP contribution is -2.19. The van der Waals surface area contributed by atoms with E-state index in [0.717, 1.165) is 18.5 Å². The fourth-order valence-corrected chi connectivity index (χ4v) is 3.43. The Morgan fingerprint density at radius 1 is 1.24 bits per heavy atom. The van der Waals surface area contributed by atoms with Gasteiger partial charge < -0.3 is 9.53 Å². The molecule has 0 amide bonds. The molecule has 0 aromatic heterocycles. The summed E-state index contributed by atoms with van der Waals surface area (Å²) >= 11 is 0. The second-order valence-corrected chi connectivity index (χ2v) is 4.93. The van der Waals surface area contributed by atoms with Crippen LogP contribution in [0.15, 0.2) is 36.4 Å². The Balaban J connectivity index is 2.03. The molecule has 0 saturated heterocycles. The van der Waals surface area contributed by atoms with Gasteiger partial charge in [0.25, 0.3) is 0 Å². The molecule has 0 heterocycles. The van der Waals surface area contributed by atoms with Crippen LogP contribution in [0.25, 0.3) is 0 Å². The summed E-state index contributed by atoms with van der Waals surface area (Å²) < 4.78 is 5.42. The predicted molar refractivity (Wildman–Crippen MR) is 66.0 cm³/mol. The summed E-state index contributed by atoms with van der Waals surface area (Å²) in [6, 6.07) is 8.07. The normalized spacial score (nSPS) is 33.9. The Morgan fingerprint density at radius 3 is 2.76 bits per heavy atom. The van der Waals surface area contributed by atoms with Gasteiger partial charge >= 0.3 is 0 Å². The summed E-state index contributed by atoms with van der Waals surface area (Å²) in [6.07, 6.45) is 6.72. The van der Waals surface area contributed by atoms with E-state index < -0.39 is 0 Å². The molecule has 88 valence electrons. The largest absolute Gasteiger partial charge is 0.496 e. The molecule has 17 heavy (non-hydrogen) atoms. The monoisotopic (exact) mass is 228 g/mol. The van der Waals surface area contributed by atoms with Crippen molar-refractivity contribution in [2.24, 2.45) is 17.8 Å². The van der Waals surface area contributed by atoms with Gasteiger partial charge in [-0.05, 0) is 29.9 Å². The molecule has 2 bridgehead atoms. The van der Waals surface area contributed by atoms with Gasteiger partial charge in [-0.2, -0.15) is 0 Å². The highest BCUT2D eigenvalue weighted by Crippen LogP contribution is 2.53. The first-order valence-corrected chi connectivity index (χ1v) is 6.11. The number of hydrogen-bond donors (Lipinski definition) is 0. The van der Waals surface area contributed by atoms with Gasteiger partial charge in [0.15, 0.2) is 0 Å². The van der Waals surface area contributed by atoms with Gasteiger partial charge in [-0.25, -0.2) is 0 Å². The van der Waals surface area contributed by atoms with E-state index in [9.17, 15) is 4.79 Å². The first-order valence-electron chi connectivity index (χ1n) is 6.11. The van der Waals surface area contributed by atoms with Crippen LogP contribution in [-0.4, -0.2) is 13.4 Å². The Morgan fingerprint density at radius 2 is 2.00 bits per heavy atom. The standard InChI is InChI=1S/C15H16O2/c1-17-14-5-3-2-4-12(14)15-11-7-6-10(8-11)13(15)9-16/h2-7,9-11,13,15H,8H2,1H3/t10-,11+,13+,15-/m1/s1. The van der Waals surface area contributed by atoms with Crippen LogP contribution in [0.3, 0.4) is 0 Å². The molecule has 1 aromatic carbocycles. The van der Waals surface area contributed by atoms with Gasteiger partial charge in [0, 0.05) is 11.8 Å². The summed E-state index contributed by atoms with van der Waals surface area (Å²) in [5, 5.41) is 0. The molecule has 3 rings (SSSR count). The lowest BCUT2D eigenvalue weighted by Gasteiger charge is -2.25. The van der Waals surface area contributed by atoms with Crippen LogP contribution < -0.4 is 4.74 Å². The second-order valence-electron chi connectivity index (χ2n) is 4.93. The zero-order valence-electron chi connectivity index (χ0n) is 9.87. The molecular formula is C15H16O2. The number of rotatable bonds is 3. The van der Waals surface area contributed by atoms with Gasteiger partial charge in [-0.3, -0.25) is 0 Å². The van der Waals surface area contributed by atoms with Crippen molar-refractivity contribution in [3.8, 4) is 5.75 Å². The summed E-state index contributed by atoms with van der Waals surface area (Å²) in [5.41, 5.74) is 1.18. The maximum Gasteiger partial charge on any atom is 0.124 e. The first kappa shape index (κ1) is 10.6. The molecule has 0 radical (unpaired) electrons. The molecule has 1 fully saturated rings. The molecule has 2 heteroatoms. The van der Waals surface area contributed by atoms with Crippen LogP contribution in [-0.2, 0) is 4.79 Å². The average Bonchev–Trinajstić information content (AvgIpc) is 2.98. The number of ether oxygens (including phenoxy) is 1. The van der Waals surface area contributed by atoms with E-state index in [4.69, 9.17) is 4.74 Å². The van der Waals surface area contributed by atoms with Crippen molar-refractivity contribution in [1.82, 2.24) is 0 Å². The molecular weight excluding hydrogens is 212 g/mol. The van der Waals surface area contributed by atoms with Crippen molar-refractivity contribution in [2.75, 3.05) is 7.11 Å². The summed E-state index contributed by atoms with van der Waals surface area (Å²) in [6.45, 7) is 0. The quantitative estimate of drug-likeness (QED) is 0.587. The number of hydrogen-bond acceptors (Lipinski definition) is 2. The maximum absolute atomic E-state index is 11.3. The van der Waals surface area contributed by atoms with E-state index in [0.29, 0.717) is 17.8 Å². The minimum Gasteiger partial charge on any atom is -0.496 e. The average molecular weight is 228 g/mol. The first-order chi connectivity index (χ1) is 8.35. The van der Waals surface area contributed by atoms with E-state index in [2.05, 4.69) is 18.2 Å². The fraction of sp³-hybridized carbons (Fsp3) is 0.400. The molecule has 0 unspecified atom stereocenters. The third-order valence-corrected chi connectivity index (χ3v) is 4.18. The van der Waals surface area contributed by atoms with Crippen LogP contribution in [0.1, 0.15) is 17.9 Å². The van der Waals surface area contributed by atoms with Crippen LogP contribution in [0.5, 0.6) is 5.75 Å². The highest BCUT2D eigenvalue weighted by atomic mass is 16.5. The van der Waals surface area contributed by atoms with Gasteiger partial charge in [0.2, 0.25) is 0 Å². The number of allylic oxidation sites excluding steroid dienone is 2. The number of aldehydes is 1. The van der Waals surface area contributed by atoms with Gasteiger partial charge in [0.1, 0.15) is 12.0 Å². The Bertz CT molecular complexity index is 464. The van der Waals surface area contributed by atoms with Crippen molar-refractivity contribution in [1.29, 1.82) is 0 Å². The number of carbonyl (C=O) groups excluding carboxylic acids is 1. The van der Waals surface area contributed by atoms with Crippen LogP contribution >= 0.6 is 0 Å². The molecule has 0 N–H and O–H groups in total. The fourth-order valence-electron chi connectivity index (χ4n) is 3.43. The van der Waals surface area contributed by atoms with Crippen molar-refractivity contribution in [3.63, 3.8) is 0 Å². The maximum atomic E-state index is 11.3. The number of benzene rings is 1. The number of fused-ring (bicyclic) bond motifs is 2. The van der Waals surface area contributed by atoms with Gasteiger partial charge in [-0.1, -0.05) is 30.4 Å². The number of para-hydroxylation sites is 1. The van der Waals surface area contributed by atoms with Crippen LogP contribution in [0.2, 0.25) is 0 Å². The molecule has 2 nitrogen and oxygen atoms in total. The Hall–Kier alpha value is -1.57. The molecule has 2 aliphatic carbocycles. The third kappa shape index (κ3) is 1.51. The Kier molecular flexibility index (Phi) is 2.50. The van der Waals surface area contributed by atoms with E-state index in [1.807, 2.05) is 18.2 Å². The topological polar surface area (TPSA) is 26.3 Å². The molecule has 4 atom stereocenters. The molecule has 0 spiro atoms. The van der Waals surface area contributed by atoms with E-state index in [1.54, 1.807) is 7.11 Å². The zero-order valence-corrected chi connectivity index (χ0v) is 9.87. The highest BCUT2D eigenvalue weighted by Gasteiger charge is 2.45. The number of carbonyl (C=O) groups is 1. The van der Waals surface area contributed by atoms with Gasteiger partial charge in [-0.15, -0.1) is 0 Å². The second kappa shape index (κ2) is 4.02. The van der Waals surface area contributed by atoms with E-state index >= 15 is 0 Å². The van der Waals surface area contributed by atoms with Crippen molar-refractivity contribution < 1.29 is 9.53 Å². The summed E-state index contributed by atoms with van der Waals surface area (Å²) in [5.74, 6) is 2.28. The van der Waals surface area contributed by atoms with Gasteiger partial charge in [0.05, 0.1) is 7.11 Å². The van der Waals surface area contributed by atoms with E-state index in [-0.39, 0.29) is 5.92 Å². The Labute approximate surface area is 101 Å². The lowest BCUT2D eigenvalue weighted by molar-refractivity contribution is -0.112. The third-order valence-electron chi connectivity index (χ3n) is 4.18.